The highest BCUT2D eigenvalue weighted by atomic mass is 32.2. The summed E-state index contributed by atoms with van der Waals surface area (Å²) in [4.78, 5) is 54.9. The third-order valence-electron chi connectivity index (χ3n) is 9.17. The highest BCUT2D eigenvalue weighted by Gasteiger charge is 2.34. The lowest BCUT2D eigenvalue weighted by atomic mass is 9.88. The molecule has 0 saturated heterocycles. The Bertz CT molecular complexity index is 1890. The van der Waals surface area contributed by atoms with E-state index in [-0.39, 0.29) is 42.3 Å². The molecule has 54 heavy (non-hydrogen) atoms. The molecule has 3 amide bonds. The lowest BCUT2D eigenvalue weighted by Crippen LogP contribution is -2.54. The quantitative estimate of drug-likeness (QED) is 0.0521. The van der Waals surface area contributed by atoms with Crippen molar-refractivity contribution in [3.63, 3.8) is 0 Å². The molecule has 0 unspecified atom stereocenters. The van der Waals surface area contributed by atoms with Gasteiger partial charge in [0.05, 0.1) is 12.0 Å². The normalized spacial score (nSPS) is 14.7. The second-order valence-electron chi connectivity index (χ2n) is 13.9. The summed E-state index contributed by atoms with van der Waals surface area (Å²) in [6, 6.07) is 3.14. The fourth-order valence-electron chi connectivity index (χ4n) is 6.18. The van der Waals surface area contributed by atoms with E-state index in [1.807, 2.05) is 33.8 Å². The first kappa shape index (κ1) is 43.3. The van der Waals surface area contributed by atoms with Crippen LogP contribution in [0, 0.1) is 27.7 Å². The van der Waals surface area contributed by atoms with Crippen LogP contribution in [-0.4, -0.2) is 82.6 Å². The summed E-state index contributed by atoms with van der Waals surface area (Å²) in [7, 11) is -2.96. The van der Waals surface area contributed by atoms with E-state index in [1.165, 1.54) is 14.0 Å². The van der Waals surface area contributed by atoms with Crippen molar-refractivity contribution in [2.75, 3.05) is 26.8 Å². The molecule has 16 heteroatoms. The number of nitrogens with one attached hydrogen (secondary N) is 4. The zero-order valence-corrected chi connectivity index (χ0v) is 33.3. The van der Waals surface area contributed by atoms with Gasteiger partial charge in [0.25, 0.3) is 10.0 Å². The number of nitrogens with two attached hydrogens (primary N) is 1. The molecule has 3 rings (SSSR count). The Morgan fingerprint density at radius 2 is 1.76 bits per heavy atom. The number of fused-ring (bicyclic) bond motifs is 1. The van der Waals surface area contributed by atoms with Crippen LogP contribution in [-0.2, 0) is 46.8 Å². The molecule has 296 valence electrons. The van der Waals surface area contributed by atoms with Crippen LogP contribution in [0.5, 0.6) is 11.5 Å². The summed E-state index contributed by atoms with van der Waals surface area (Å²) in [5.41, 5.74) is 9.98. The molecule has 0 aliphatic carbocycles. The van der Waals surface area contributed by atoms with Crippen molar-refractivity contribution in [2.45, 2.75) is 103 Å². The molecule has 2 aromatic rings. The van der Waals surface area contributed by atoms with Crippen molar-refractivity contribution in [1.82, 2.24) is 20.7 Å². The number of benzene rings is 2. The van der Waals surface area contributed by atoms with E-state index >= 15 is 0 Å². The first-order chi connectivity index (χ1) is 25.3. The van der Waals surface area contributed by atoms with Gasteiger partial charge in [-0.3, -0.25) is 24.2 Å². The number of rotatable bonds is 17. The fourth-order valence-corrected chi connectivity index (χ4v) is 7.70. The van der Waals surface area contributed by atoms with Crippen LogP contribution in [0.2, 0.25) is 0 Å². The maximum atomic E-state index is 13.6. The zero-order chi connectivity index (χ0) is 40.4. The first-order valence-corrected chi connectivity index (χ1v) is 19.2. The maximum Gasteiger partial charge on any atom is 0.325 e. The van der Waals surface area contributed by atoms with Gasteiger partial charge in [-0.2, -0.15) is 0 Å². The number of amides is 3. The van der Waals surface area contributed by atoms with Gasteiger partial charge in [0.1, 0.15) is 42.3 Å². The predicted octanol–water partition coefficient (Wildman–Crippen LogP) is 2.48. The molecule has 6 N–H and O–H groups in total. The van der Waals surface area contributed by atoms with Gasteiger partial charge in [-0.1, -0.05) is 18.7 Å². The molecule has 0 aromatic heterocycles. The minimum atomic E-state index is -4.13. The van der Waals surface area contributed by atoms with Gasteiger partial charge in [0.15, 0.2) is 0 Å². The SMILES string of the molecule is C=CCOc1ccc(C[C@@H](NC(C)=O)C(=O)N[C@@H](CCCN=C(N)NS(=O)(=O)c2c(C)c(C)c3c(c2C)CCC(C)(C)O3)C(=O)NCC(=O)OC)c(C)c1. The second-order valence-corrected chi connectivity index (χ2v) is 15.5. The van der Waals surface area contributed by atoms with E-state index in [2.05, 4.69) is 37.0 Å². The van der Waals surface area contributed by atoms with E-state index in [0.29, 0.717) is 35.7 Å². The summed E-state index contributed by atoms with van der Waals surface area (Å²) >= 11 is 0. The Morgan fingerprint density at radius 3 is 2.39 bits per heavy atom. The fraction of sp³-hybridized carbons (Fsp3) is 0.500. The number of nitrogens with zero attached hydrogens (tertiary/aromatic N) is 1. The van der Waals surface area contributed by atoms with E-state index in [0.717, 1.165) is 28.7 Å². The molecular weight excluding hydrogens is 717 g/mol. The zero-order valence-electron chi connectivity index (χ0n) is 32.4. The van der Waals surface area contributed by atoms with Gasteiger partial charge in [-0.05, 0) is 113 Å². The molecular formula is C38H54N6O9S. The van der Waals surface area contributed by atoms with Gasteiger partial charge in [0.2, 0.25) is 23.7 Å². The Kier molecular flexibility index (Phi) is 15.0. The number of aryl methyl sites for hydroxylation is 1. The lowest BCUT2D eigenvalue weighted by Gasteiger charge is -2.35. The minimum Gasteiger partial charge on any atom is -0.490 e. The molecule has 0 bridgehead atoms. The van der Waals surface area contributed by atoms with Crippen molar-refractivity contribution in [2.24, 2.45) is 10.7 Å². The van der Waals surface area contributed by atoms with Crippen LogP contribution < -0.4 is 35.9 Å². The largest absolute Gasteiger partial charge is 0.490 e. The highest BCUT2D eigenvalue weighted by Crippen LogP contribution is 2.42. The van der Waals surface area contributed by atoms with Crippen molar-refractivity contribution < 1.29 is 41.8 Å². The predicted molar refractivity (Wildman–Crippen MR) is 205 cm³/mol. The number of guanidine groups is 1. The smallest absolute Gasteiger partial charge is 0.325 e. The monoisotopic (exact) mass is 770 g/mol. The summed E-state index contributed by atoms with van der Waals surface area (Å²) in [5.74, 6) is -1.47. The van der Waals surface area contributed by atoms with Gasteiger partial charge in [0, 0.05) is 19.9 Å². The van der Waals surface area contributed by atoms with E-state index in [1.54, 1.807) is 32.1 Å². The van der Waals surface area contributed by atoms with Gasteiger partial charge >= 0.3 is 5.97 Å². The molecule has 1 aliphatic heterocycles. The highest BCUT2D eigenvalue weighted by molar-refractivity contribution is 7.90. The standard InChI is InChI=1S/C38H54N6O9S/c1-10-18-52-28-14-13-27(22(2)19-28)20-31(42-26(6)45)36(48)43-30(35(47)41-21-32(46)51-9)12-11-17-40-37(39)44-54(49,50)34-24(4)23(3)33-29(25(34)5)15-16-38(7,8)53-33/h10,13-14,19,30-31H,1,11-12,15-18,20-21H2,2-9H3,(H,41,47)(H,42,45)(H,43,48)(H3,39,40,44)/t30-,31+/m0/s1. The lowest BCUT2D eigenvalue weighted by molar-refractivity contribution is -0.141. The van der Waals surface area contributed by atoms with Crippen LogP contribution in [0.25, 0.3) is 0 Å². The molecule has 2 atom stereocenters. The number of aliphatic imine (C=N–C) groups is 1. The topological polar surface area (TPSA) is 217 Å². The molecule has 2 aromatic carbocycles. The Hall–Kier alpha value is -5.12. The summed E-state index contributed by atoms with van der Waals surface area (Å²) in [6.07, 6.45) is 3.34. The van der Waals surface area contributed by atoms with Gasteiger partial charge in [-0.25, -0.2) is 13.1 Å². The summed E-state index contributed by atoms with van der Waals surface area (Å²) in [5, 5.41) is 7.77. The van der Waals surface area contributed by atoms with Crippen molar-refractivity contribution >= 4 is 39.7 Å². The van der Waals surface area contributed by atoms with Gasteiger partial charge in [-0.15, -0.1) is 0 Å². The summed E-state index contributed by atoms with van der Waals surface area (Å²) in [6.45, 7) is 16.0. The average molecular weight is 771 g/mol. The minimum absolute atomic E-state index is 0.0102. The van der Waals surface area contributed by atoms with Crippen molar-refractivity contribution in [3.8, 4) is 11.5 Å². The van der Waals surface area contributed by atoms with E-state index in [9.17, 15) is 27.6 Å². The number of methoxy groups -OCH3 is 1. The van der Waals surface area contributed by atoms with Crippen molar-refractivity contribution in [3.05, 3.63) is 64.2 Å². The number of hydrogen-bond donors (Lipinski definition) is 5. The Morgan fingerprint density at radius 1 is 1.06 bits per heavy atom. The third-order valence-corrected chi connectivity index (χ3v) is 10.8. The van der Waals surface area contributed by atoms with E-state index < -0.39 is 52.3 Å². The van der Waals surface area contributed by atoms with Crippen LogP contribution in [0.3, 0.4) is 0 Å². The molecule has 0 fully saturated rings. The van der Waals surface area contributed by atoms with Crippen molar-refractivity contribution in [1.29, 1.82) is 0 Å². The number of sulfonamides is 1. The number of carbonyl (C=O) groups excluding carboxylic acids is 4. The van der Waals surface area contributed by atoms with Crippen LogP contribution in [0.15, 0.2) is 40.7 Å². The van der Waals surface area contributed by atoms with Crippen LogP contribution in [0.4, 0.5) is 0 Å². The average Bonchev–Trinajstić information content (AvgIpc) is 3.09. The molecule has 0 spiro atoms. The number of esters is 1. The number of hydrogen-bond acceptors (Lipinski definition) is 10. The first-order valence-electron chi connectivity index (χ1n) is 17.7. The summed E-state index contributed by atoms with van der Waals surface area (Å²) < 4.78 is 46.0. The van der Waals surface area contributed by atoms with Gasteiger partial charge < -0.3 is 35.9 Å². The van der Waals surface area contributed by atoms with Crippen LogP contribution in [0.1, 0.15) is 73.4 Å². The Labute approximate surface area is 317 Å². The second kappa shape index (κ2) is 18.8. The number of ether oxygens (including phenoxy) is 3. The van der Waals surface area contributed by atoms with E-state index in [4.69, 9.17) is 15.2 Å². The maximum absolute atomic E-state index is 13.6. The Balaban J connectivity index is 1.75. The molecule has 0 saturated carbocycles. The third kappa shape index (κ3) is 11.7. The number of carbonyl (C=O) groups is 4. The molecule has 0 radical (unpaired) electrons. The molecule has 1 aliphatic rings. The molecule has 15 nitrogen and oxygen atoms in total. The molecule has 1 heterocycles. The van der Waals surface area contributed by atoms with Crippen LogP contribution >= 0.6 is 0 Å².